The number of hydrogen-bond acceptors (Lipinski definition) is 3. The van der Waals surface area contributed by atoms with E-state index < -0.39 is 12.0 Å². The van der Waals surface area contributed by atoms with Crippen LogP contribution >= 0.6 is 0 Å². The SMILES string of the molecule is CC(C)CN(CCC#N)C(C)C(=O)O. The van der Waals surface area contributed by atoms with Gasteiger partial charge in [-0.3, -0.25) is 9.69 Å². The lowest BCUT2D eigenvalue weighted by atomic mass is 10.1. The molecule has 14 heavy (non-hydrogen) atoms. The molecule has 0 aromatic carbocycles. The van der Waals surface area contributed by atoms with Gasteiger partial charge in [-0.25, -0.2) is 0 Å². The molecule has 80 valence electrons. The van der Waals surface area contributed by atoms with Crippen LogP contribution < -0.4 is 0 Å². The third-order valence-electron chi connectivity index (χ3n) is 2.02. The Morgan fingerprint density at radius 3 is 2.43 bits per heavy atom. The van der Waals surface area contributed by atoms with E-state index in [0.717, 1.165) is 6.54 Å². The summed E-state index contributed by atoms with van der Waals surface area (Å²) in [7, 11) is 0. The Morgan fingerprint density at radius 2 is 2.07 bits per heavy atom. The number of carbonyl (C=O) groups is 1. The van der Waals surface area contributed by atoms with Crippen LogP contribution in [-0.4, -0.2) is 35.1 Å². The molecule has 4 heteroatoms. The van der Waals surface area contributed by atoms with Crippen LogP contribution in [0.3, 0.4) is 0 Å². The van der Waals surface area contributed by atoms with Gasteiger partial charge in [-0.2, -0.15) is 5.26 Å². The smallest absolute Gasteiger partial charge is 0.320 e. The van der Waals surface area contributed by atoms with Crippen LogP contribution in [0.5, 0.6) is 0 Å². The minimum absolute atomic E-state index is 0.379. The molecule has 0 rings (SSSR count). The molecule has 0 aromatic heterocycles. The number of nitriles is 1. The van der Waals surface area contributed by atoms with E-state index >= 15 is 0 Å². The summed E-state index contributed by atoms with van der Waals surface area (Å²) in [6.45, 7) is 6.97. The number of aliphatic carboxylic acids is 1. The quantitative estimate of drug-likeness (QED) is 0.699. The molecule has 0 radical (unpaired) electrons. The van der Waals surface area contributed by atoms with Gasteiger partial charge in [0.25, 0.3) is 0 Å². The van der Waals surface area contributed by atoms with Gasteiger partial charge in [0.2, 0.25) is 0 Å². The molecule has 1 N–H and O–H groups in total. The Hall–Kier alpha value is -1.08. The van der Waals surface area contributed by atoms with Crippen LogP contribution in [0.15, 0.2) is 0 Å². The zero-order chi connectivity index (χ0) is 11.1. The summed E-state index contributed by atoms with van der Waals surface area (Å²) < 4.78 is 0. The van der Waals surface area contributed by atoms with Crippen LogP contribution in [0.2, 0.25) is 0 Å². The molecular weight excluding hydrogens is 180 g/mol. The van der Waals surface area contributed by atoms with Crippen LogP contribution in [0.4, 0.5) is 0 Å². The highest BCUT2D eigenvalue weighted by atomic mass is 16.4. The molecular formula is C10H18N2O2. The van der Waals surface area contributed by atoms with E-state index in [1.165, 1.54) is 0 Å². The second-order valence-corrected chi connectivity index (χ2v) is 3.81. The lowest BCUT2D eigenvalue weighted by Gasteiger charge is -2.26. The summed E-state index contributed by atoms with van der Waals surface area (Å²) in [5.74, 6) is -0.418. The number of carboxylic acids is 1. The lowest BCUT2D eigenvalue weighted by molar-refractivity contribution is -0.142. The second-order valence-electron chi connectivity index (χ2n) is 3.81. The largest absolute Gasteiger partial charge is 0.480 e. The van der Waals surface area contributed by atoms with Crippen molar-refractivity contribution in [3.8, 4) is 6.07 Å². The number of nitrogens with zero attached hydrogens (tertiary/aromatic N) is 2. The predicted octanol–water partition coefficient (Wildman–Crippen LogP) is 1.33. The highest BCUT2D eigenvalue weighted by Gasteiger charge is 2.20. The van der Waals surface area contributed by atoms with E-state index in [4.69, 9.17) is 10.4 Å². The molecule has 0 fully saturated rings. The van der Waals surface area contributed by atoms with Crippen molar-refractivity contribution in [1.82, 2.24) is 4.90 Å². The van der Waals surface area contributed by atoms with Crippen LogP contribution in [0.1, 0.15) is 27.2 Å². The normalized spacial score (nSPS) is 12.9. The Bertz CT molecular complexity index is 221. The molecule has 0 amide bonds. The highest BCUT2D eigenvalue weighted by Crippen LogP contribution is 2.05. The first-order chi connectivity index (χ1) is 6.49. The number of hydrogen-bond donors (Lipinski definition) is 1. The Balaban J connectivity index is 4.23. The maximum absolute atomic E-state index is 10.8. The number of rotatable bonds is 6. The molecule has 0 saturated carbocycles. The maximum atomic E-state index is 10.8. The zero-order valence-electron chi connectivity index (χ0n) is 9.03. The molecule has 0 aliphatic heterocycles. The first-order valence-corrected chi connectivity index (χ1v) is 4.82. The Kier molecular flexibility index (Phi) is 5.89. The van der Waals surface area contributed by atoms with Crippen LogP contribution in [-0.2, 0) is 4.79 Å². The third-order valence-corrected chi connectivity index (χ3v) is 2.02. The fourth-order valence-corrected chi connectivity index (χ4v) is 1.26. The molecule has 1 unspecified atom stereocenters. The Labute approximate surface area is 85.1 Å². The second kappa shape index (κ2) is 6.39. The van der Waals surface area contributed by atoms with Gasteiger partial charge in [0.1, 0.15) is 6.04 Å². The van der Waals surface area contributed by atoms with Crippen LogP contribution in [0.25, 0.3) is 0 Å². The topological polar surface area (TPSA) is 64.3 Å². The third kappa shape index (κ3) is 4.83. The lowest BCUT2D eigenvalue weighted by Crippen LogP contribution is -2.41. The minimum Gasteiger partial charge on any atom is -0.480 e. The zero-order valence-corrected chi connectivity index (χ0v) is 9.03. The van der Waals surface area contributed by atoms with Crippen molar-refractivity contribution >= 4 is 5.97 Å². The average molecular weight is 198 g/mol. The van der Waals surface area contributed by atoms with E-state index in [9.17, 15) is 4.79 Å². The van der Waals surface area contributed by atoms with E-state index in [1.807, 2.05) is 24.8 Å². The minimum atomic E-state index is -0.830. The van der Waals surface area contributed by atoms with E-state index in [1.54, 1.807) is 6.92 Å². The van der Waals surface area contributed by atoms with Gasteiger partial charge in [0.15, 0.2) is 0 Å². The standard InChI is InChI=1S/C10H18N2O2/c1-8(2)7-12(6-4-5-11)9(3)10(13)14/h8-9H,4,6-7H2,1-3H3,(H,13,14). The molecule has 0 aliphatic carbocycles. The fourth-order valence-electron chi connectivity index (χ4n) is 1.26. The van der Waals surface area contributed by atoms with Crippen molar-refractivity contribution < 1.29 is 9.90 Å². The summed E-state index contributed by atoms with van der Waals surface area (Å²) in [5.41, 5.74) is 0. The molecule has 0 bridgehead atoms. The average Bonchev–Trinajstić information content (AvgIpc) is 2.10. The maximum Gasteiger partial charge on any atom is 0.320 e. The summed E-state index contributed by atoms with van der Waals surface area (Å²) >= 11 is 0. The predicted molar refractivity (Wildman–Crippen MR) is 53.7 cm³/mol. The molecule has 0 spiro atoms. The molecule has 0 aliphatic rings. The van der Waals surface area contributed by atoms with E-state index in [-0.39, 0.29) is 0 Å². The van der Waals surface area contributed by atoms with Gasteiger partial charge in [0, 0.05) is 19.5 Å². The van der Waals surface area contributed by atoms with Gasteiger partial charge >= 0.3 is 5.97 Å². The van der Waals surface area contributed by atoms with Crippen molar-refractivity contribution in [3.05, 3.63) is 0 Å². The summed E-state index contributed by atoms with van der Waals surface area (Å²) in [5, 5.41) is 17.3. The van der Waals surface area contributed by atoms with Crippen molar-refractivity contribution in [3.63, 3.8) is 0 Å². The van der Waals surface area contributed by atoms with Crippen molar-refractivity contribution in [2.45, 2.75) is 33.2 Å². The van der Waals surface area contributed by atoms with Crippen molar-refractivity contribution in [2.24, 2.45) is 5.92 Å². The first kappa shape index (κ1) is 12.9. The van der Waals surface area contributed by atoms with Crippen LogP contribution in [0, 0.1) is 17.2 Å². The van der Waals surface area contributed by atoms with E-state index in [2.05, 4.69) is 0 Å². The summed E-state index contributed by atoms with van der Waals surface area (Å²) in [6, 6.07) is 1.52. The fraction of sp³-hybridized carbons (Fsp3) is 0.800. The van der Waals surface area contributed by atoms with Gasteiger partial charge in [-0.1, -0.05) is 13.8 Å². The molecule has 0 saturated heterocycles. The van der Waals surface area contributed by atoms with Crippen molar-refractivity contribution in [1.29, 1.82) is 5.26 Å². The molecule has 0 aromatic rings. The number of carboxylic acid groups (broad SMARTS) is 1. The van der Waals surface area contributed by atoms with Crippen molar-refractivity contribution in [2.75, 3.05) is 13.1 Å². The monoisotopic (exact) mass is 198 g/mol. The summed E-state index contributed by atoms with van der Waals surface area (Å²) in [6.07, 6.45) is 0.379. The van der Waals surface area contributed by atoms with Gasteiger partial charge < -0.3 is 5.11 Å². The molecule has 0 heterocycles. The van der Waals surface area contributed by atoms with E-state index in [0.29, 0.717) is 18.9 Å². The highest BCUT2D eigenvalue weighted by molar-refractivity contribution is 5.72. The van der Waals surface area contributed by atoms with Gasteiger partial charge in [0.05, 0.1) is 6.07 Å². The molecule has 1 atom stereocenters. The first-order valence-electron chi connectivity index (χ1n) is 4.82. The van der Waals surface area contributed by atoms with Gasteiger partial charge in [-0.05, 0) is 12.8 Å². The van der Waals surface area contributed by atoms with Gasteiger partial charge in [-0.15, -0.1) is 0 Å². The summed E-state index contributed by atoms with van der Waals surface area (Å²) in [4.78, 5) is 12.6. The Morgan fingerprint density at radius 1 is 1.50 bits per heavy atom. The molecule has 4 nitrogen and oxygen atoms in total.